The second kappa shape index (κ2) is 8.17. The summed E-state index contributed by atoms with van der Waals surface area (Å²) in [4.78, 5) is 4.02. The van der Waals surface area contributed by atoms with Crippen molar-refractivity contribution >= 4 is 23.4 Å². The fourth-order valence-electron chi connectivity index (χ4n) is 2.11. The van der Waals surface area contributed by atoms with E-state index in [1.807, 2.05) is 54.3 Å². The minimum Gasteiger partial charge on any atom is -0.484 e. The van der Waals surface area contributed by atoms with Crippen molar-refractivity contribution in [1.82, 2.24) is 19.7 Å². The number of para-hydroxylation sites is 1. The molecular formula is C17H17ClN4OS. The van der Waals surface area contributed by atoms with E-state index in [1.54, 1.807) is 17.8 Å². The van der Waals surface area contributed by atoms with Crippen molar-refractivity contribution in [2.75, 3.05) is 5.75 Å². The maximum absolute atomic E-state index is 6.09. The Morgan fingerprint density at radius 2 is 1.92 bits per heavy atom. The monoisotopic (exact) mass is 360 g/mol. The molecule has 0 radical (unpaired) electrons. The highest BCUT2D eigenvalue weighted by molar-refractivity contribution is 7.99. The van der Waals surface area contributed by atoms with Crippen LogP contribution >= 0.6 is 23.4 Å². The van der Waals surface area contributed by atoms with Gasteiger partial charge in [0.15, 0.2) is 11.0 Å². The van der Waals surface area contributed by atoms with Gasteiger partial charge in [-0.3, -0.25) is 4.98 Å². The summed E-state index contributed by atoms with van der Waals surface area (Å²) < 4.78 is 7.67. The molecule has 24 heavy (non-hydrogen) atoms. The van der Waals surface area contributed by atoms with Crippen molar-refractivity contribution < 1.29 is 4.74 Å². The van der Waals surface area contributed by atoms with Gasteiger partial charge in [0.25, 0.3) is 0 Å². The lowest BCUT2D eigenvalue weighted by Gasteiger charge is -2.07. The van der Waals surface area contributed by atoms with E-state index >= 15 is 0 Å². The van der Waals surface area contributed by atoms with E-state index in [0.717, 1.165) is 23.2 Å². The van der Waals surface area contributed by atoms with E-state index in [9.17, 15) is 0 Å². The molecule has 0 spiro atoms. The molecule has 0 saturated carbocycles. The van der Waals surface area contributed by atoms with Gasteiger partial charge in [-0.2, -0.15) is 0 Å². The summed E-state index contributed by atoms with van der Waals surface area (Å²) >= 11 is 7.76. The normalized spacial score (nSPS) is 10.8. The minimum absolute atomic E-state index is 0.331. The Bertz CT molecular complexity index is 794. The number of nitrogens with zero attached hydrogens (tertiary/aromatic N) is 4. The van der Waals surface area contributed by atoms with Crippen LogP contribution in [0.5, 0.6) is 5.75 Å². The second-order valence-corrected chi connectivity index (χ2v) is 6.60. The summed E-state index contributed by atoms with van der Waals surface area (Å²) in [5.41, 5.74) is 1.27. The van der Waals surface area contributed by atoms with Crippen molar-refractivity contribution in [3.63, 3.8) is 0 Å². The zero-order valence-electron chi connectivity index (χ0n) is 13.2. The number of ether oxygens (including phenoxy) is 1. The summed E-state index contributed by atoms with van der Waals surface area (Å²) in [6.07, 6.45) is 4.59. The average molecular weight is 361 g/mol. The highest BCUT2D eigenvalue weighted by Gasteiger charge is 2.10. The van der Waals surface area contributed by atoms with Crippen LogP contribution in [0.25, 0.3) is 0 Å². The van der Waals surface area contributed by atoms with Gasteiger partial charge in [0.2, 0.25) is 0 Å². The van der Waals surface area contributed by atoms with Gasteiger partial charge < -0.3 is 9.30 Å². The highest BCUT2D eigenvalue weighted by atomic mass is 35.5. The maximum Gasteiger partial charge on any atom is 0.191 e. The number of thioether (sulfide) groups is 1. The Labute approximate surface area is 150 Å². The fourth-order valence-corrected chi connectivity index (χ4v) is 3.22. The number of halogens is 1. The molecular weight excluding hydrogens is 344 g/mol. The lowest BCUT2D eigenvalue weighted by molar-refractivity contribution is 0.290. The first-order valence-corrected chi connectivity index (χ1v) is 8.87. The molecule has 0 atom stereocenters. The number of rotatable bonds is 7. The van der Waals surface area contributed by atoms with Crippen LogP contribution in [-0.4, -0.2) is 25.5 Å². The molecule has 0 fully saturated rings. The first-order valence-electron chi connectivity index (χ1n) is 7.51. The highest BCUT2D eigenvalue weighted by Crippen LogP contribution is 2.24. The van der Waals surface area contributed by atoms with Crippen LogP contribution in [0, 0.1) is 0 Å². The summed E-state index contributed by atoms with van der Waals surface area (Å²) in [5, 5.41) is 9.90. The van der Waals surface area contributed by atoms with E-state index in [-0.39, 0.29) is 0 Å². The number of benzene rings is 1. The third kappa shape index (κ3) is 4.27. The number of hydrogen-bond donors (Lipinski definition) is 0. The van der Waals surface area contributed by atoms with E-state index < -0.39 is 0 Å². The molecule has 1 aromatic carbocycles. The molecule has 2 heterocycles. The lowest BCUT2D eigenvalue weighted by atomic mass is 10.2. The quantitative estimate of drug-likeness (QED) is 0.600. The topological polar surface area (TPSA) is 52.8 Å². The van der Waals surface area contributed by atoms with Gasteiger partial charge in [0, 0.05) is 25.2 Å². The van der Waals surface area contributed by atoms with Crippen LogP contribution in [-0.2, 0) is 20.1 Å². The second-order valence-electron chi connectivity index (χ2n) is 5.13. The molecule has 0 amide bonds. The summed E-state index contributed by atoms with van der Waals surface area (Å²) in [6.45, 7) is 0.331. The predicted octanol–water partition coefficient (Wildman–Crippen LogP) is 3.78. The zero-order valence-corrected chi connectivity index (χ0v) is 14.8. The first-order chi connectivity index (χ1) is 11.7. The number of hydrogen-bond acceptors (Lipinski definition) is 5. The summed E-state index contributed by atoms with van der Waals surface area (Å²) in [5.74, 6) is 2.34. The smallest absolute Gasteiger partial charge is 0.191 e. The van der Waals surface area contributed by atoms with Gasteiger partial charge in [-0.05, 0) is 36.2 Å². The average Bonchev–Trinajstić information content (AvgIpc) is 2.95. The maximum atomic E-state index is 6.09. The van der Waals surface area contributed by atoms with Crippen LogP contribution in [0.4, 0.5) is 0 Å². The van der Waals surface area contributed by atoms with Gasteiger partial charge in [0.1, 0.15) is 12.4 Å². The van der Waals surface area contributed by atoms with E-state index in [0.29, 0.717) is 17.4 Å². The van der Waals surface area contributed by atoms with E-state index in [4.69, 9.17) is 16.3 Å². The minimum atomic E-state index is 0.331. The molecule has 0 aliphatic heterocycles. The number of aromatic nitrogens is 4. The molecule has 124 valence electrons. The van der Waals surface area contributed by atoms with Gasteiger partial charge in [-0.15, -0.1) is 10.2 Å². The number of pyridine rings is 1. The zero-order chi connectivity index (χ0) is 16.8. The SMILES string of the molecule is Cn1c(COc2ccccc2Cl)nnc1SCCc1ccncc1. The number of aryl methyl sites for hydroxylation is 1. The third-order valence-electron chi connectivity index (χ3n) is 3.49. The van der Waals surface area contributed by atoms with E-state index in [1.165, 1.54) is 5.56 Å². The molecule has 0 aliphatic carbocycles. The molecule has 3 aromatic rings. The molecule has 0 saturated heterocycles. The predicted molar refractivity (Wildman–Crippen MR) is 95.5 cm³/mol. The molecule has 0 bridgehead atoms. The largest absolute Gasteiger partial charge is 0.484 e. The molecule has 5 nitrogen and oxygen atoms in total. The van der Waals surface area contributed by atoms with Crippen molar-refractivity contribution in [2.45, 2.75) is 18.2 Å². The van der Waals surface area contributed by atoms with Crippen molar-refractivity contribution in [2.24, 2.45) is 7.05 Å². The van der Waals surface area contributed by atoms with Gasteiger partial charge in [0.05, 0.1) is 5.02 Å². The van der Waals surface area contributed by atoms with Crippen LogP contribution < -0.4 is 4.74 Å². The van der Waals surface area contributed by atoms with Gasteiger partial charge >= 0.3 is 0 Å². The summed E-state index contributed by atoms with van der Waals surface area (Å²) in [7, 11) is 1.94. The fraction of sp³-hybridized carbons (Fsp3) is 0.235. The van der Waals surface area contributed by atoms with Crippen molar-refractivity contribution in [3.05, 3.63) is 65.2 Å². The molecule has 0 N–H and O–H groups in total. The van der Waals surface area contributed by atoms with E-state index in [2.05, 4.69) is 15.2 Å². The van der Waals surface area contributed by atoms with Gasteiger partial charge in [-0.25, -0.2) is 0 Å². The Morgan fingerprint density at radius 3 is 2.71 bits per heavy atom. The van der Waals surface area contributed by atoms with Crippen LogP contribution in [0.2, 0.25) is 5.02 Å². The molecule has 0 aliphatic rings. The Hall–Kier alpha value is -2.05. The third-order valence-corrected chi connectivity index (χ3v) is 4.82. The Kier molecular flexibility index (Phi) is 5.72. The molecule has 7 heteroatoms. The molecule has 2 aromatic heterocycles. The molecule has 0 unspecified atom stereocenters. The first kappa shape index (κ1) is 16.8. The molecule has 3 rings (SSSR count). The van der Waals surface area contributed by atoms with Crippen LogP contribution in [0.3, 0.4) is 0 Å². The standard InChI is InChI=1S/C17H17ClN4OS/c1-22-16(12-23-15-5-3-2-4-14(15)18)20-21-17(22)24-11-8-13-6-9-19-10-7-13/h2-7,9-10H,8,11-12H2,1H3. The van der Waals surface area contributed by atoms with Crippen molar-refractivity contribution in [1.29, 1.82) is 0 Å². The van der Waals surface area contributed by atoms with Crippen LogP contribution in [0.15, 0.2) is 53.9 Å². The van der Waals surface area contributed by atoms with Crippen LogP contribution in [0.1, 0.15) is 11.4 Å². The Morgan fingerprint density at radius 1 is 1.12 bits per heavy atom. The lowest BCUT2D eigenvalue weighted by Crippen LogP contribution is -2.04. The summed E-state index contributed by atoms with van der Waals surface area (Å²) in [6, 6.07) is 11.4. The Balaban J connectivity index is 1.54. The van der Waals surface area contributed by atoms with Crippen molar-refractivity contribution in [3.8, 4) is 5.75 Å². The van der Waals surface area contributed by atoms with Gasteiger partial charge in [-0.1, -0.05) is 35.5 Å².